The van der Waals surface area contributed by atoms with Crippen molar-refractivity contribution in [2.24, 2.45) is 0 Å². The molecule has 174 valence electrons. The Bertz CT molecular complexity index is 1090. The van der Waals surface area contributed by atoms with Crippen LogP contribution in [0.1, 0.15) is 51.2 Å². The van der Waals surface area contributed by atoms with Gasteiger partial charge in [0.15, 0.2) is 0 Å². The number of amides is 3. The van der Waals surface area contributed by atoms with Crippen LogP contribution in [0.15, 0.2) is 27.4 Å². The van der Waals surface area contributed by atoms with Crippen molar-refractivity contribution in [3.8, 4) is 5.75 Å². The normalized spacial score (nSPS) is 16.0. The quantitative estimate of drug-likeness (QED) is 0.366. The first-order valence-electron chi connectivity index (χ1n) is 10.4. The maximum Gasteiger partial charge on any atom is 0.417 e. The molecule has 10 heteroatoms. The second-order valence-electron chi connectivity index (χ2n) is 8.21. The van der Waals surface area contributed by atoms with Crippen molar-refractivity contribution in [3.05, 3.63) is 39.7 Å². The van der Waals surface area contributed by atoms with Gasteiger partial charge in [0.05, 0.1) is 12.2 Å². The highest BCUT2D eigenvalue weighted by atomic mass is 19.4. The summed E-state index contributed by atoms with van der Waals surface area (Å²) >= 11 is 0. The van der Waals surface area contributed by atoms with E-state index in [1.54, 1.807) is 13.8 Å². The van der Waals surface area contributed by atoms with Gasteiger partial charge in [0.1, 0.15) is 16.9 Å². The Morgan fingerprint density at radius 3 is 2.47 bits per heavy atom. The number of halogens is 3. The molecule has 2 aromatic rings. The van der Waals surface area contributed by atoms with Gasteiger partial charge >= 0.3 is 17.8 Å². The zero-order chi connectivity index (χ0) is 23.7. The smallest absolute Gasteiger partial charge is 0.417 e. The van der Waals surface area contributed by atoms with Crippen molar-refractivity contribution in [2.75, 3.05) is 13.2 Å². The zero-order valence-corrected chi connectivity index (χ0v) is 18.1. The van der Waals surface area contributed by atoms with Gasteiger partial charge in [-0.05, 0) is 45.2 Å². The Morgan fingerprint density at radius 1 is 1.16 bits per heavy atom. The first-order valence-corrected chi connectivity index (χ1v) is 10.4. The van der Waals surface area contributed by atoms with E-state index in [9.17, 15) is 27.6 Å². The van der Waals surface area contributed by atoms with Crippen LogP contribution in [0.5, 0.6) is 5.75 Å². The van der Waals surface area contributed by atoms with Crippen LogP contribution in [-0.4, -0.2) is 35.5 Å². The number of hydrogen-bond acceptors (Lipinski definition) is 5. The van der Waals surface area contributed by atoms with E-state index in [1.165, 1.54) is 12.1 Å². The van der Waals surface area contributed by atoms with Crippen LogP contribution in [0.4, 0.5) is 18.0 Å². The summed E-state index contributed by atoms with van der Waals surface area (Å²) in [6, 6.07) is 2.71. The van der Waals surface area contributed by atoms with Crippen molar-refractivity contribution in [2.45, 2.75) is 58.2 Å². The molecule has 0 unspecified atom stereocenters. The molecule has 0 saturated carbocycles. The molecule has 7 nitrogen and oxygen atoms in total. The summed E-state index contributed by atoms with van der Waals surface area (Å²) in [6.07, 6.45) is -2.70. The van der Waals surface area contributed by atoms with Crippen molar-refractivity contribution < 1.29 is 31.9 Å². The van der Waals surface area contributed by atoms with Gasteiger partial charge in [-0.1, -0.05) is 13.3 Å². The number of alkyl halides is 3. The molecule has 0 radical (unpaired) electrons. The Hall–Kier alpha value is -3.04. The van der Waals surface area contributed by atoms with Crippen molar-refractivity contribution in [1.82, 2.24) is 10.2 Å². The third-order valence-corrected chi connectivity index (χ3v) is 5.26. The van der Waals surface area contributed by atoms with E-state index in [0.29, 0.717) is 43.1 Å². The van der Waals surface area contributed by atoms with E-state index in [0.717, 1.165) is 4.90 Å². The summed E-state index contributed by atoms with van der Waals surface area (Å²) in [4.78, 5) is 37.0. The number of hydrogen-bond donors (Lipinski definition) is 1. The number of nitrogens with zero attached hydrogens (tertiary/aromatic N) is 1. The van der Waals surface area contributed by atoms with Gasteiger partial charge < -0.3 is 14.5 Å². The average Bonchev–Trinajstić information content (AvgIpc) is 2.89. The van der Waals surface area contributed by atoms with E-state index in [-0.39, 0.29) is 30.0 Å². The van der Waals surface area contributed by atoms with Crippen LogP contribution in [0.2, 0.25) is 0 Å². The summed E-state index contributed by atoms with van der Waals surface area (Å²) in [6.45, 7) is 5.58. The molecule has 3 amide bonds. The third kappa shape index (κ3) is 4.73. The predicted molar refractivity (Wildman–Crippen MR) is 111 cm³/mol. The van der Waals surface area contributed by atoms with E-state index >= 15 is 0 Å². The number of nitrogens with one attached hydrogen (secondary N) is 1. The number of benzene rings is 1. The summed E-state index contributed by atoms with van der Waals surface area (Å²) in [5.41, 5.74) is -2.75. The van der Waals surface area contributed by atoms with Crippen LogP contribution in [0.3, 0.4) is 0 Å². The Kier molecular flexibility index (Phi) is 6.52. The topological polar surface area (TPSA) is 88.9 Å². The highest BCUT2D eigenvalue weighted by Gasteiger charge is 2.43. The Morgan fingerprint density at radius 2 is 1.88 bits per heavy atom. The number of unbranched alkanes of at least 4 members (excludes halogenated alkanes) is 1. The molecule has 1 N–H and O–H groups in total. The number of carbonyl (C=O) groups excluding carboxylic acids is 2. The second kappa shape index (κ2) is 8.84. The number of urea groups is 1. The first kappa shape index (κ1) is 23.6. The lowest BCUT2D eigenvalue weighted by atomic mass is 10.0. The van der Waals surface area contributed by atoms with E-state index in [1.807, 2.05) is 6.92 Å². The number of fused-ring (bicyclic) bond motifs is 1. The van der Waals surface area contributed by atoms with Gasteiger partial charge in [-0.15, -0.1) is 0 Å². The monoisotopic (exact) mass is 454 g/mol. The molecule has 0 atom stereocenters. The molecule has 0 aliphatic carbocycles. The van der Waals surface area contributed by atoms with Gasteiger partial charge in [0.2, 0.25) is 0 Å². The fourth-order valence-corrected chi connectivity index (χ4v) is 3.70. The molecular weight excluding hydrogens is 429 g/mol. The molecule has 1 fully saturated rings. The van der Waals surface area contributed by atoms with Gasteiger partial charge in [-0.2, -0.15) is 13.2 Å². The molecule has 1 aliphatic heterocycles. The van der Waals surface area contributed by atoms with Gasteiger partial charge in [-0.3, -0.25) is 9.69 Å². The lowest BCUT2D eigenvalue weighted by molar-refractivity contribution is -0.136. The molecule has 1 aliphatic rings. The van der Waals surface area contributed by atoms with Crippen LogP contribution >= 0.6 is 0 Å². The molecule has 1 aromatic carbocycles. The first-order chi connectivity index (χ1) is 15.0. The fourth-order valence-electron chi connectivity index (χ4n) is 3.70. The van der Waals surface area contributed by atoms with Crippen molar-refractivity contribution in [3.63, 3.8) is 0 Å². The van der Waals surface area contributed by atoms with Gasteiger partial charge in [-0.25, -0.2) is 9.59 Å². The van der Waals surface area contributed by atoms with E-state index in [4.69, 9.17) is 9.15 Å². The van der Waals surface area contributed by atoms with Crippen LogP contribution in [0.25, 0.3) is 11.0 Å². The summed E-state index contributed by atoms with van der Waals surface area (Å²) in [7, 11) is 0. The van der Waals surface area contributed by atoms with E-state index in [2.05, 4.69) is 5.32 Å². The molecule has 0 bridgehead atoms. The van der Waals surface area contributed by atoms with Gasteiger partial charge in [0.25, 0.3) is 5.91 Å². The summed E-state index contributed by atoms with van der Waals surface area (Å²) in [5, 5.41) is 2.42. The van der Waals surface area contributed by atoms with Crippen LogP contribution in [0, 0.1) is 0 Å². The minimum Gasteiger partial charge on any atom is -0.493 e. The zero-order valence-electron chi connectivity index (χ0n) is 18.1. The maximum absolute atomic E-state index is 13.4. The average molecular weight is 454 g/mol. The molecule has 2 heterocycles. The summed E-state index contributed by atoms with van der Waals surface area (Å²) < 4.78 is 51.0. The SMILES string of the molecule is CCCc1c(OCCCCN2C(=O)NC(C)(C)C2=O)ccc2c(C(F)(F)F)cc(=O)oc12. The fraction of sp³-hybridized carbons (Fsp3) is 0.500. The lowest BCUT2D eigenvalue weighted by Crippen LogP contribution is -2.40. The molecular formula is C22H25F3N2O5. The van der Waals surface area contributed by atoms with Gasteiger partial charge in [0, 0.05) is 23.6 Å². The minimum atomic E-state index is -4.69. The Labute approximate surface area is 182 Å². The molecule has 1 aromatic heterocycles. The number of aryl methyl sites for hydroxylation is 1. The highest BCUT2D eigenvalue weighted by Crippen LogP contribution is 2.37. The number of carbonyl (C=O) groups is 2. The van der Waals surface area contributed by atoms with E-state index < -0.39 is 28.9 Å². The molecule has 3 rings (SSSR count). The summed E-state index contributed by atoms with van der Waals surface area (Å²) in [5.74, 6) is 0.0524. The second-order valence-corrected chi connectivity index (χ2v) is 8.21. The van der Waals surface area contributed by atoms with Crippen LogP contribution < -0.4 is 15.7 Å². The Balaban J connectivity index is 1.72. The third-order valence-electron chi connectivity index (χ3n) is 5.26. The number of rotatable bonds is 8. The largest absolute Gasteiger partial charge is 0.493 e. The van der Waals surface area contributed by atoms with Crippen LogP contribution in [-0.2, 0) is 17.4 Å². The number of ether oxygens (including phenoxy) is 1. The van der Waals surface area contributed by atoms with Crippen molar-refractivity contribution >= 4 is 22.9 Å². The maximum atomic E-state index is 13.4. The minimum absolute atomic E-state index is 0.120. The predicted octanol–water partition coefficient (Wildman–Crippen LogP) is 4.25. The molecule has 1 saturated heterocycles. The molecule has 0 spiro atoms. The van der Waals surface area contributed by atoms with Crippen molar-refractivity contribution in [1.29, 1.82) is 0 Å². The molecule has 32 heavy (non-hydrogen) atoms. The highest BCUT2D eigenvalue weighted by molar-refractivity contribution is 6.06. The standard InChI is InChI=1S/C22H25F3N2O5/c1-4-7-14-16(9-8-13-15(22(23,24)25)12-17(28)32-18(13)14)31-11-6-5-10-27-19(29)21(2,3)26-20(27)30/h8-9,12H,4-7,10-11H2,1-3H3,(H,26,30). The number of imide groups is 1. The lowest BCUT2D eigenvalue weighted by Gasteiger charge is -2.17.